The molecule has 1 spiro atoms. The molecule has 0 aromatic heterocycles. The van der Waals surface area contributed by atoms with Crippen molar-refractivity contribution in [2.24, 2.45) is 0 Å². The summed E-state index contributed by atoms with van der Waals surface area (Å²) < 4.78 is 0. The Bertz CT molecular complexity index is 2950. The van der Waals surface area contributed by atoms with Crippen molar-refractivity contribution >= 4 is 22.6 Å². The third-order valence-electron chi connectivity index (χ3n) is 14.5. The van der Waals surface area contributed by atoms with Crippen molar-refractivity contribution in [1.29, 1.82) is 0 Å². The van der Waals surface area contributed by atoms with Crippen molar-refractivity contribution in [3.8, 4) is 33.4 Å². The van der Waals surface area contributed by atoms with E-state index in [1.165, 1.54) is 106 Å². The van der Waals surface area contributed by atoms with Crippen molar-refractivity contribution in [3.63, 3.8) is 0 Å². The number of hydrogen-bond donors (Lipinski definition) is 0. The summed E-state index contributed by atoms with van der Waals surface area (Å²) in [6.07, 6.45) is 7.03. The first kappa shape index (κ1) is 37.8. The Morgan fingerprint density at radius 3 is 1.62 bits per heavy atom. The maximum absolute atomic E-state index is 2.59. The lowest BCUT2D eigenvalue weighted by atomic mass is 9.67. The van der Waals surface area contributed by atoms with E-state index in [0.717, 1.165) is 12.8 Å². The molecule has 11 rings (SSSR count). The molecule has 300 valence electrons. The molecule has 1 nitrogen and oxygen atoms in total. The topological polar surface area (TPSA) is 3.24 Å². The van der Waals surface area contributed by atoms with Gasteiger partial charge >= 0.3 is 0 Å². The molecule has 0 amide bonds. The Hall–Kier alpha value is -6.18. The van der Waals surface area contributed by atoms with E-state index >= 15 is 0 Å². The van der Waals surface area contributed by atoms with Crippen LogP contribution in [0.3, 0.4) is 0 Å². The molecular weight excluding hydrogens is 735 g/mol. The van der Waals surface area contributed by atoms with Crippen LogP contribution in [0.1, 0.15) is 113 Å². The molecule has 0 radical (unpaired) electrons. The molecule has 0 fully saturated rings. The normalized spacial score (nSPS) is 16.2. The molecule has 61 heavy (non-hydrogen) atoms. The molecule has 7 aromatic carbocycles. The molecule has 0 saturated carbocycles. The highest BCUT2D eigenvalue weighted by atomic mass is 15.1. The van der Waals surface area contributed by atoms with Crippen LogP contribution in [-0.2, 0) is 21.7 Å². The minimum Gasteiger partial charge on any atom is -0.310 e. The zero-order valence-corrected chi connectivity index (χ0v) is 36.9. The van der Waals surface area contributed by atoms with Gasteiger partial charge in [0.2, 0.25) is 0 Å². The number of rotatable bonds is 4. The van der Waals surface area contributed by atoms with Crippen LogP contribution < -0.4 is 4.90 Å². The maximum atomic E-state index is 2.59. The molecule has 0 bridgehead atoms. The lowest BCUT2D eigenvalue weighted by Gasteiger charge is -2.35. The number of hydrogen-bond acceptors (Lipinski definition) is 1. The lowest BCUT2D eigenvalue weighted by Crippen LogP contribution is -2.28. The van der Waals surface area contributed by atoms with Crippen LogP contribution in [0.25, 0.3) is 39.0 Å². The molecule has 0 N–H and O–H groups in total. The van der Waals surface area contributed by atoms with Crippen molar-refractivity contribution in [2.45, 2.75) is 89.9 Å². The molecule has 7 aromatic rings. The minimum atomic E-state index is -0.447. The van der Waals surface area contributed by atoms with E-state index in [4.69, 9.17) is 0 Å². The Morgan fingerprint density at radius 1 is 0.459 bits per heavy atom. The molecule has 4 aliphatic carbocycles. The Kier molecular flexibility index (Phi) is 8.15. The molecule has 4 aliphatic rings. The number of anilines is 3. The summed E-state index contributed by atoms with van der Waals surface area (Å²) in [4.78, 5) is 2.55. The summed E-state index contributed by atoms with van der Waals surface area (Å²) in [6, 6.07) is 58.3. The summed E-state index contributed by atoms with van der Waals surface area (Å²) in [7, 11) is 0. The first-order valence-electron chi connectivity index (χ1n) is 22.3. The van der Waals surface area contributed by atoms with Crippen LogP contribution in [0.15, 0.2) is 169 Å². The third kappa shape index (κ3) is 5.45. The number of fused-ring (bicyclic) bond motifs is 12. The Labute approximate surface area is 363 Å². The predicted octanol–water partition coefficient (Wildman–Crippen LogP) is 16.2. The molecular formula is C60H55N. The fraction of sp³-hybridized carbons (Fsp3) is 0.233. The van der Waals surface area contributed by atoms with Gasteiger partial charge in [-0.05, 0) is 137 Å². The summed E-state index contributed by atoms with van der Waals surface area (Å²) in [6.45, 7) is 18.9. The summed E-state index contributed by atoms with van der Waals surface area (Å²) in [5.41, 5.74) is 24.9. The monoisotopic (exact) mass is 789 g/mol. The second kappa shape index (κ2) is 13.2. The first-order chi connectivity index (χ1) is 29.3. The summed E-state index contributed by atoms with van der Waals surface area (Å²) in [5, 5.41) is 0. The highest BCUT2D eigenvalue weighted by Crippen LogP contribution is 2.65. The second-order valence-corrected chi connectivity index (χ2v) is 20.5. The lowest BCUT2D eigenvalue weighted by molar-refractivity contribution is 0.586. The summed E-state index contributed by atoms with van der Waals surface area (Å²) >= 11 is 0. The van der Waals surface area contributed by atoms with Gasteiger partial charge in [0.15, 0.2) is 0 Å². The van der Waals surface area contributed by atoms with Gasteiger partial charge in [-0.3, -0.25) is 0 Å². The van der Waals surface area contributed by atoms with Crippen LogP contribution in [0, 0.1) is 0 Å². The number of allylic oxidation sites excluding steroid dienone is 4. The van der Waals surface area contributed by atoms with E-state index < -0.39 is 5.41 Å². The van der Waals surface area contributed by atoms with Crippen LogP contribution >= 0.6 is 0 Å². The van der Waals surface area contributed by atoms with E-state index in [1.807, 2.05) is 0 Å². The Morgan fingerprint density at radius 2 is 0.967 bits per heavy atom. The first-order valence-corrected chi connectivity index (χ1v) is 22.3. The third-order valence-corrected chi connectivity index (χ3v) is 14.5. The fourth-order valence-electron chi connectivity index (χ4n) is 11.3. The van der Waals surface area contributed by atoms with E-state index in [2.05, 4.69) is 224 Å². The van der Waals surface area contributed by atoms with Gasteiger partial charge in [-0.15, -0.1) is 0 Å². The van der Waals surface area contributed by atoms with Gasteiger partial charge in [0, 0.05) is 22.4 Å². The molecule has 0 atom stereocenters. The zero-order chi connectivity index (χ0) is 42.1. The highest BCUT2D eigenvalue weighted by Gasteiger charge is 2.53. The second-order valence-electron chi connectivity index (χ2n) is 20.5. The van der Waals surface area contributed by atoms with Gasteiger partial charge in [-0.2, -0.15) is 0 Å². The maximum Gasteiger partial charge on any atom is 0.0723 e. The van der Waals surface area contributed by atoms with E-state index in [9.17, 15) is 0 Å². The fourth-order valence-corrected chi connectivity index (χ4v) is 11.3. The SMILES string of the molecule is CC(C)(C)c1ccc2c(c1)C1(C3=C(CCC=C3)c3ccc(N(c4ccc5c(c4)C(C)(C)c4ccccc4-5)c4ccccc4-c4ccccc4)cc31)c1cc(C(C)(C)C)ccc1-2. The predicted molar refractivity (Wildman–Crippen MR) is 259 cm³/mol. The minimum absolute atomic E-state index is 0.00339. The van der Waals surface area contributed by atoms with Crippen LogP contribution in [0.4, 0.5) is 17.1 Å². The molecule has 0 heterocycles. The van der Waals surface area contributed by atoms with Crippen molar-refractivity contribution in [2.75, 3.05) is 4.90 Å². The molecule has 0 aliphatic heterocycles. The largest absolute Gasteiger partial charge is 0.310 e. The number of para-hydroxylation sites is 1. The van der Waals surface area contributed by atoms with Crippen molar-refractivity contribution in [1.82, 2.24) is 0 Å². The number of benzene rings is 7. The van der Waals surface area contributed by atoms with Gasteiger partial charge in [0.25, 0.3) is 0 Å². The Balaban J connectivity index is 1.21. The van der Waals surface area contributed by atoms with Crippen LogP contribution in [0.2, 0.25) is 0 Å². The van der Waals surface area contributed by atoms with Gasteiger partial charge in [0.1, 0.15) is 0 Å². The average molecular weight is 790 g/mol. The standard InChI is InChI=1S/C60H55N/c1-57(2,3)39-26-30-47-48-31-27-40(58(4,5)6)35-54(48)60(53(47)34-39)51-24-16-13-22-45(51)49-33-29-42(37-55(49)60)61(56-25-17-14-20-43(56)38-18-10-9-11-19-38)41-28-32-46-44-21-12-15-23-50(44)59(7,8)52(46)36-41/h9-12,14-21,23-37H,13,22H2,1-8H3. The highest BCUT2D eigenvalue weighted by molar-refractivity contribution is 5.98. The van der Waals surface area contributed by atoms with Crippen molar-refractivity contribution in [3.05, 3.63) is 214 Å². The zero-order valence-electron chi connectivity index (χ0n) is 36.9. The van der Waals surface area contributed by atoms with Crippen LogP contribution in [0.5, 0.6) is 0 Å². The molecule has 0 saturated heterocycles. The number of nitrogens with zero attached hydrogens (tertiary/aromatic N) is 1. The van der Waals surface area contributed by atoms with Gasteiger partial charge in [0.05, 0.1) is 11.1 Å². The van der Waals surface area contributed by atoms with Gasteiger partial charge in [-0.1, -0.05) is 189 Å². The smallest absolute Gasteiger partial charge is 0.0723 e. The van der Waals surface area contributed by atoms with E-state index in [-0.39, 0.29) is 16.2 Å². The van der Waals surface area contributed by atoms with Crippen molar-refractivity contribution < 1.29 is 0 Å². The van der Waals surface area contributed by atoms with Gasteiger partial charge < -0.3 is 4.90 Å². The molecule has 0 unspecified atom stereocenters. The average Bonchev–Trinajstić information content (AvgIpc) is 3.81. The summed E-state index contributed by atoms with van der Waals surface area (Å²) in [5.74, 6) is 0. The van der Waals surface area contributed by atoms with Crippen LogP contribution in [-0.4, -0.2) is 0 Å². The van der Waals surface area contributed by atoms with Gasteiger partial charge in [-0.25, -0.2) is 0 Å². The van der Waals surface area contributed by atoms with E-state index in [0.29, 0.717) is 0 Å². The quantitative estimate of drug-likeness (QED) is 0.172. The molecule has 1 heteroatoms. The van der Waals surface area contributed by atoms with E-state index in [1.54, 1.807) is 0 Å².